The minimum absolute atomic E-state index is 0.0708. The van der Waals surface area contributed by atoms with Gasteiger partial charge in [-0.2, -0.15) is 13.2 Å². The van der Waals surface area contributed by atoms with Crippen LogP contribution in [-0.2, 0) is 0 Å². The average molecular weight is 285 g/mol. The van der Waals surface area contributed by atoms with Gasteiger partial charge in [0.15, 0.2) is 0 Å². The van der Waals surface area contributed by atoms with E-state index in [0.717, 1.165) is 0 Å². The molecule has 0 saturated carbocycles. The van der Waals surface area contributed by atoms with Crippen LogP contribution in [0.15, 0.2) is 18.3 Å². The molecule has 7 heteroatoms. The van der Waals surface area contributed by atoms with Gasteiger partial charge in [0.1, 0.15) is 12.2 Å². The number of amides is 1. The molecule has 1 aromatic rings. The summed E-state index contributed by atoms with van der Waals surface area (Å²) in [5.41, 5.74) is 5.40. The highest BCUT2D eigenvalue weighted by Crippen LogP contribution is 2.18. The lowest BCUT2D eigenvalue weighted by molar-refractivity contribution is -0.140. The molecular formula is C13H14F3N3O. The second-order valence-electron chi connectivity index (χ2n) is 3.84. The first-order valence-corrected chi connectivity index (χ1v) is 5.89. The molecule has 0 atom stereocenters. The minimum atomic E-state index is -4.45. The van der Waals surface area contributed by atoms with Crippen molar-refractivity contribution < 1.29 is 18.0 Å². The lowest BCUT2D eigenvalue weighted by Crippen LogP contribution is -2.39. The summed E-state index contributed by atoms with van der Waals surface area (Å²) in [5, 5.41) is 0. The molecule has 0 spiro atoms. The Morgan fingerprint density at radius 1 is 1.50 bits per heavy atom. The summed E-state index contributed by atoms with van der Waals surface area (Å²) in [6.45, 7) is 0.168. The summed E-state index contributed by atoms with van der Waals surface area (Å²) in [5.74, 6) is 4.38. The molecule has 0 aliphatic carbocycles. The van der Waals surface area contributed by atoms with Gasteiger partial charge in [-0.05, 0) is 19.1 Å². The molecule has 0 aromatic carbocycles. The summed E-state index contributed by atoms with van der Waals surface area (Å²) < 4.78 is 37.2. The van der Waals surface area contributed by atoms with E-state index in [9.17, 15) is 18.0 Å². The molecule has 0 aliphatic rings. The molecule has 0 fully saturated rings. The minimum Gasteiger partial charge on any atom is -0.328 e. The van der Waals surface area contributed by atoms with Crippen LogP contribution >= 0.6 is 0 Å². The highest BCUT2D eigenvalue weighted by molar-refractivity contribution is 5.94. The maximum Gasteiger partial charge on any atom is 0.406 e. The third kappa shape index (κ3) is 4.55. The van der Waals surface area contributed by atoms with Crippen molar-refractivity contribution in [1.82, 2.24) is 9.88 Å². The van der Waals surface area contributed by atoms with Gasteiger partial charge in [0.25, 0.3) is 5.91 Å². The number of pyridine rings is 1. The molecule has 108 valence electrons. The third-order valence-electron chi connectivity index (χ3n) is 2.37. The Bertz CT molecular complexity index is 532. The van der Waals surface area contributed by atoms with Gasteiger partial charge in [0.05, 0.1) is 12.1 Å². The predicted octanol–water partition coefficient (Wildman–Crippen LogP) is 1.42. The maximum absolute atomic E-state index is 12.4. The summed E-state index contributed by atoms with van der Waals surface area (Å²) >= 11 is 0. The largest absolute Gasteiger partial charge is 0.406 e. The van der Waals surface area contributed by atoms with Gasteiger partial charge in [0, 0.05) is 12.7 Å². The molecule has 0 bridgehead atoms. The zero-order chi connectivity index (χ0) is 15.2. The Kier molecular flexibility index (Phi) is 5.53. The Morgan fingerprint density at radius 3 is 2.75 bits per heavy atom. The fourth-order valence-corrected chi connectivity index (χ4v) is 1.52. The standard InChI is InChI=1S/C13H14F3N3O/c1-2-19(9-13(14,15)16)12(20)11-10(5-3-7-17)6-4-8-18-11/h4,6,8H,2,7,9,17H2,1H3. The number of carbonyl (C=O) groups excluding carboxylic acids is 1. The topological polar surface area (TPSA) is 59.2 Å². The molecule has 20 heavy (non-hydrogen) atoms. The van der Waals surface area contributed by atoms with E-state index in [1.165, 1.54) is 19.2 Å². The summed E-state index contributed by atoms with van der Waals surface area (Å²) in [6, 6.07) is 3.07. The van der Waals surface area contributed by atoms with Crippen molar-refractivity contribution in [2.75, 3.05) is 19.6 Å². The van der Waals surface area contributed by atoms with E-state index in [1.54, 1.807) is 6.07 Å². The fourth-order valence-electron chi connectivity index (χ4n) is 1.52. The van der Waals surface area contributed by atoms with Crippen LogP contribution in [0.4, 0.5) is 13.2 Å². The highest BCUT2D eigenvalue weighted by atomic mass is 19.4. The number of alkyl halides is 3. The molecule has 0 aliphatic heterocycles. The highest BCUT2D eigenvalue weighted by Gasteiger charge is 2.33. The molecule has 1 amide bonds. The van der Waals surface area contributed by atoms with Crippen LogP contribution in [0, 0.1) is 11.8 Å². The first kappa shape index (κ1) is 16.0. The van der Waals surface area contributed by atoms with Crippen LogP contribution in [-0.4, -0.2) is 41.6 Å². The number of nitrogens with zero attached hydrogens (tertiary/aromatic N) is 2. The van der Waals surface area contributed by atoms with E-state index in [2.05, 4.69) is 16.8 Å². The van der Waals surface area contributed by atoms with Crippen molar-refractivity contribution in [1.29, 1.82) is 0 Å². The summed E-state index contributed by atoms with van der Waals surface area (Å²) in [4.78, 5) is 16.6. The number of aromatic nitrogens is 1. The van der Waals surface area contributed by atoms with Crippen molar-refractivity contribution in [3.63, 3.8) is 0 Å². The number of rotatable bonds is 3. The molecule has 0 saturated heterocycles. The van der Waals surface area contributed by atoms with Gasteiger partial charge in [-0.25, -0.2) is 4.98 Å². The van der Waals surface area contributed by atoms with Crippen molar-refractivity contribution in [2.24, 2.45) is 5.73 Å². The lowest BCUT2D eigenvalue weighted by Gasteiger charge is -2.22. The zero-order valence-corrected chi connectivity index (χ0v) is 10.9. The quantitative estimate of drug-likeness (QED) is 0.854. The molecule has 2 N–H and O–H groups in total. The Labute approximate surface area is 114 Å². The molecule has 1 rings (SSSR count). The summed E-state index contributed by atoms with van der Waals surface area (Å²) in [7, 11) is 0. The van der Waals surface area contributed by atoms with Gasteiger partial charge in [-0.3, -0.25) is 4.79 Å². The van der Waals surface area contributed by atoms with Gasteiger partial charge in [0.2, 0.25) is 0 Å². The van der Waals surface area contributed by atoms with Gasteiger partial charge < -0.3 is 10.6 Å². The van der Waals surface area contributed by atoms with Crippen LogP contribution in [0.5, 0.6) is 0 Å². The Balaban J connectivity index is 3.07. The van der Waals surface area contributed by atoms with Crippen molar-refractivity contribution in [3.8, 4) is 11.8 Å². The number of hydrogen-bond acceptors (Lipinski definition) is 3. The van der Waals surface area contributed by atoms with Gasteiger partial charge >= 0.3 is 6.18 Å². The Hall–Kier alpha value is -2.07. The van der Waals surface area contributed by atoms with Crippen LogP contribution in [0.2, 0.25) is 0 Å². The second kappa shape index (κ2) is 6.91. The molecule has 1 heterocycles. The molecule has 4 nitrogen and oxygen atoms in total. The van der Waals surface area contributed by atoms with E-state index in [1.807, 2.05) is 0 Å². The van der Waals surface area contributed by atoms with E-state index < -0.39 is 18.6 Å². The lowest BCUT2D eigenvalue weighted by atomic mass is 10.1. The molecule has 0 unspecified atom stereocenters. The maximum atomic E-state index is 12.4. The summed E-state index contributed by atoms with van der Waals surface area (Å²) in [6.07, 6.45) is -3.12. The van der Waals surface area contributed by atoms with E-state index in [4.69, 9.17) is 5.73 Å². The van der Waals surface area contributed by atoms with Crippen LogP contribution in [0.3, 0.4) is 0 Å². The van der Waals surface area contributed by atoms with Crippen molar-refractivity contribution in [2.45, 2.75) is 13.1 Å². The zero-order valence-electron chi connectivity index (χ0n) is 10.9. The second-order valence-corrected chi connectivity index (χ2v) is 3.84. The SMILES string of the molecule is CCN(CC(F)(F)F)C(=O)c1ncccc1C#CCN. The number of hydrogen-bond donors (Lipinski definition) is 1. The number of nitrogens with two attached hydrogens (primary N) is 1. The van der Waals surface area contributed by atoms with Crippen molar-refractivity contribution in [3.05, 3.63) is 29.6 Å². The first-order chi connectivity index (χ1) is 9.39. The van der Waals surface area contributed by atoms with Crippen LogP contribution in [0.1, 0.15) is 23.0 Å². The average Bonchev–Trinajstić information content (AvgIpc) is 2.41. The Morgan fingerprint density at radius 2 is 2.20 bits per heavy atom. The normalized spacial score (nSPS) is 10.7. The molecular weight excluding hydrogens is 271 g/mol. The van der Waals surface area contributed by atoms with Crippen LogP contribution < -0.4 is 5.73 Å². The first-order valence-electron chi connectivity index (χ1n) is 5.89. The number of halogens is 3. The fraction of sp³-hybridized carbons (Fsp3) is 0.385. The monoisotopic (exact) mass is 285 g/mol. The smallest absolute Gasteiger partial charge is 0.328 e. The van der Waals surface area contributed by atoms with E-state index in [-0.39, 0.29) is 24.3 Å². The number of carbonyl (C=O) groups is 1. The molecule has 0 radical (unpaired) electrons. The third-order valence-corrected chi connectivity index (χ3v) is 2.37. The van der Waals surface area contributed by atoms with Gasteiger partial charge in [-0.15, -0.1) is 0 Å². The van der Waals surface area contributed by atoms with E-state index in [0.29, 0.717) is 4.90 Å². The van der Waals surface area contributed by atoms with E-state index >= 15 is 0 Å². The van der Waals surface area contributed by atoms with Crippen LogP contribution in [0.25, 0.3) is 0 Å². The molecule has 1 aromatic heterocycles. The predicted molar refractivity (Wildman–Crippen MR) is 67.8 cm³/mol. The van der Waals surface area contributed by atoms with Gasteiger partial charge in [-0.1, -0.05) is 11.8 Å². The van der Waals surface area contributed by atoms with Crippen molar-refractivity contribution >= 4 is 5.91 Å².